The van der Waals surface area contributed by atoms with E-state index in [1.165, 1.54) is 18.2 Å². The van der Waals surface area contributed by atoms with Crippen LogP contribution in [-0.4, -0.2) is 14.8 Å². The Balaban J connectivity index is 1.97. The van der Waals surface area contributed by atoms with Gasteiger partial charge in [-0.25, -0.2) is 4.39 Å². The highest BCUT2D eigenvalue weighted by molar-refractivity contribution is 6.33. The summed E-state index contributed by atoms with van der Waals surface area (Å²) in [6, 6.07) is 9.15. The predicted octanol–water partition coefficient (Wildman–Crippen LogP) is 4.82. The molecule has 1 aromatic heterocycles. The van der Waals surface area contributed by atoms with Gasteiger partial charge in [-0.1, -0.05) is 23.2 Å². The molecule has 2 N–H and O–H groups in total. The molecule has 8 heteroatoms. The third kappa shape index (κ3) is 3.48. The number of nitrogen functional groups attached to an aromatic ring is 1. The topological polar surface area (TPSA) is 66.0 Å². The van der Waals surface area contributed by atoms with Crippen molar-refractivity contribution >= 4 is 28.9 Å². The summed E-state index contributed by atoms with van der Waals surface area (Å²) >= 11 is 12.3. The zero-order valence-electron chi connectivity index (χ0n) is 14.4. The number of nitrogens with zero attached hydrogens (tertiary/aromatic N) is 3. The first-order valence-corrected chi connectivity index (χ1v) is 8.54. The van der Waals surface area contributed by atoms with Gasteiger partial charge in [-0.05, 0) is 50.2 Å². The molecule has 3 rings (SSSR count). The number of aromatic nitrogens is 3. The number of rotatable bonds is 4. The maximum atomic E-state index is 13.2. The molecule has 0 fully saturated rings. The van der Waals surface area contributed by atoms with E-state index in [-0.39, 0.29) is 5.02 Å². The first-order chi connectivity index (χ1) is 12.2. The summed E-state index contributed by atoms with van der Waals surface area (Å²) in [6.07, 6.45) is 0. The fourth-order valence-corrected chi connectivity index (χ4v) is 3.16. The highest BCUT2D eigenvalue weighted by atomic mass is 35.5. The highest BCUT2D eigenvalue weighted by Gasteiger charge is 2.31. The number of benzene rings is 2. The van der Waals surface area contributed by atoms with E-state index in [0.29, 0.717) is 33.7 Å². The summed E-state index contributed by atoms with van der Waals surface area (Å²) in [5.74, 6) is 1.06. The summed E-state index contributed by atoms with van der Waals surface area (Å²) in [4.78, 5) is 0. The standard InChI is InChI=1S/C18H17Cl2FN4O/c1-18(2,26-15-7-4-10(21)8-14(15)20)17-24-23-16(25(17)3)12-6-5-11(22)9-13(12)19/h4-9H,22H2,1-3H3. The van der Waals surface area contributed by atoms with Crippen LogP contribution in [0, 0.1) is 5.82 Å². The van der Waals surface area contributed by atoms with Gasteiger partial charge in [0.25, 0.3) is 0 Å². The van der Waals surface area contributed by atoms with E-state index < -0.39 is 11.4 Å². The molecule has 0 aliphatic rings. The van der Waals surface area contributed by atoms with Crippen molar-refractivity contribution in [3.05, 3.63) is 58.1 Å². The van der Waals surface area contributed by atoms with E-state index in [2.05, 4.69) is 10.2 Å². The second kappa shape index (κ2) is 6.78. The molecule has 0 amide bonds. The molecule has 136 valence electrons. The molecule has 3 aromatic rings. The lowest BCUT2D eigenvalue weighted by Crippen LogP contribution is -2.29. The van der Waals surface area contributed by atoms with E-state index in [0.717, 1.165) is 0 Å². The normalized spacial score (nSPS) is 11.6. The van der Waals surface area contributed by atoms with Crippen molar-refractivity contribution in [1.82, 2.24) is 14.8 Å². The number of hydrogen-bond donors (Lipinski definition) is 1. The number of nitrogens with two attached hydrogens (primary N) is 1. The average Bonchev–Trinajstić information content (AvgIpc) is 2.92. The number of hydrogen-bond acceptors (Lipinski definition) is 4. The molecule has 0 saturated heterocycles. The van der Waals surface area contributed by atoms with E-state index in [1.54, 1.807) is 22.8 Å². The Labute approximate surface area is 160 Å². The molecule has 0 unspecified atom stereocenters. The van der Waals surface area contributed by atoms with Crippen molar-refractivity contribution in [1.29, 1.82) is 0 Å². The lowest BCUT2D eigenvalue weighted by atomic mass is 10.1. The van der Waals surface area contributed by atoms with Gasteiger partial charge < -0.3 is 15.0 Å². The monoisotopic (exact) mass is 394 g/mol. The molecule has 5 nitrogen and oxygen atoms in total. The van der Waals surface area contributed by atoms with Gasteiger partial charge in [0.15, 0.2) is 17.2 Å². The molecule has 0 aliphatic heterocycles. The first-order valence-electron chi connectivity index (χ1n) is 7.78. The maximum absolute atomic E-state index is 13.2. The zero-order valence-corrected chi connectivity index (χ0v) is 15.9. The van der Waals surface area contributed by atoms with Crippen molar-refractivity contribution in [2.75, 3.05) is 5.73 Å². The molecule has 0 spiro atoms. The molecule has 26 heavy (non-hydrogen) atoms. The Morgan fingerprint density at radius 1 is 1.08 bits per heavy atom. The first kappa shape index (κ1) is 18.5. The maximum Gasteiger partial charge on any atom is 0.176 e. The van der Waals surface area contributed by atoms with Gasteiger partial charge in [-0.15, -0.1) is 10.2 Å². The fourth-order valence-electron chi connectivity index (χ4n) is 2.68. The van der Waals surface area contributed by atoms with Crippen LogP contribution in [0.4, 0.5) is 10.1 Å². The smallest absolute Gasteiger partial charge is 0.176 e. The molecular weight excluding hydrogens is 378 g/mol. The van der Waals surface area contributed by atoms with Gasteiger partial charge in [-0.2, -0.15) is 0 Å². The van der Waals surface area contributed by atoms with Gasteiger partial charge in [0.2, 0.25) is 0 Å². The SMILES string of the molecule is Cn1c(-c2ccc(N)cc2Cl)nnc1C(C)(C)Oc1ccc(F)cc1Cl. The minimum absolute atomic E-state index is 0.182. The number of ether oxygens (including phenoxy) is 1. The lowest BCUT2D eigenvalue weighted by Gasteiger charge is -2.26. The van der Waals surface area contributed by atoms with Crippen LogP contribution in [0.5, 0.6) is 5.75 Å². The second-order valence-electron chi connectivity index (χ2n) is 6.33. The van der Waals surface area contributed by atoms with Crippen LogP contribution in [0.1, 0.15) is 19.7 Å². The van der Waals surface area contributed by atoms with Crippen LogP contribution < -0.4 is 10.5 Å². The molecule has 0 saturated carbocycles. The Hall–Kier alpha value is -2.31. The van der Waals surface area contributed by atoms with Crippen LogP contribution in [0.3, 0.4) is 0 Å². The minimum atomic E-state index is -0.873. The molecule has 2 aromatic carbocycles. The average molecular weight is 395 g/mol. The number of halogens is 3. The van der Waals surface area contributed by atoms with Crippen molar-refractivity contribution in [2.45, 2.75) is 19.4 Å². The Morgan fingerprint density at radius 3 is 2.46 bits per heavy atom. The molecule has 0 radical (unpaired) electrons. The van der Waals surface area contributed by atoms with Crippen LogP contribution >= 0.6 is 23.2 Å². The van der Waals surface area contributed by atoms with Crippen LogP contribution in [-0.2, 0) is 12.6 Å². The molecule has 0 aliphatic carbocycles. The third-order valence-electron chi connectivity index (χ3n) is 3.91. The van der Waals surface area contributed by atoms with Crippen LogP contribution in [0.2, 0.25) is 10.0 Å². The molecule has 1 heterocycles. The molecular formula is C18H17Cl2FN4O. The lowest BCUT2D eigenvalue weighted by molar-refractivity contribution is 0.0950. The summed E-state index contributed by atoms with van der Waals surface area (Å²) < 4.78 is 21.0. The van der Waals surface area contributed by atoms with Crippen LogP contribution in [0.25, 0.3) is 11.4 Å². The number of anilines is 1. The quantitative estimate of drug-likeness (QED) is 0.643. The summed E-state index contributed by atoms with van der Waals surface area (Å²) in [5, 5.41) is 9.15. The van der Waals surface area contributed by atoms with Gasteiger partial charge in [0.1, 0.15) is 11.6 Å². The Morgan fingerprint density at radius 2 is 1.81 bits per heavy atom. The van der Waals surface area contributed by atoms with E-state index in [4.69, 9.17) is 33.7 Å². The second-order valence-corrected chi connectivity index (χ2v) is 7.15. The minimum Gasteiger partial charge on any atom is -0.478 e. The van der Waals surface area contributed by atoms with Gasteiger partial charge in [-0.3, -0.25) is 0 Å². The van der Waals surface area contributed by atoms with E-state index >= 15 is 0 Å². The summed E-state index contributed by atoms with van der Waals surface area (Å²) in [7, 11) is 1.81. The van der Waals surface area contributed by atoms with Crippen molar-refractivity contribution in [3.63, 3.8) is 0 Å². The van der Waals surface area contributed by atoms with Gasteiger partial charge >= 0.3 is 0 Å². The van der Waals surface area contributed by atoms with Crippen molar-refractivity contribution < 1.29 is 9.13 Å². The Kier molecular flexibility index (Phi) is 4.82. The van der Waals surface area contributed by atoms with E-state index in [1.807, 2.05) is 20.9 Å². The highest BCUT2D eigenvalue weighted by Crippen LogP contribution is 2.34. The molecule has 0 bridgehead atoms. The largest absolute Gasteiger partial charge is 0.478 e. The van der Waals surface area contributed by atoms with Gasteiger partial charge in [0, 0.05) is 18.3 Å². The predicted molar refractivity (Wildman–Crippen MR) is 101 cm³/mol. The third-order valence-corrected chi connectivity index (χ3v) is 4.51. The fraction of sp³-hybridized carbons (Fsp3) is 0.222. The Bertz CT molecular complexity index is 972. The van der Waals surface area contributed by atoms with E-state index in [9.17, 15) is 4.39 Å². The van der Waals surface area contributed by atoms with Crippen molar-refractivity contribution in [2.24, 2.45) is 7.05 Å². The van der Waals surface area contributed by atoms with Crippen molar-refractivity contribution in [3.8, 4) is 17.1 Å². The molecule has 0 atom stereocenters. The summed E-state index contributed by atoms with van der Waals surface area (Å²) in [5.41, 5.74) is 6.14. The van der Waals surface area contributed by atoms with Crippen LogP contribution in [0.15, 0.2) is 36.4 Å². The zero-order chi connectivity index (χ0) is 19.1. The summed E-state index contributed by atoms with van der Waals surface area (Å²) in [6.45, 7) is 3.65. The van der Waals surface area contributed by atoms with Gasteiger partial charge in [0.05, 0.1) is 10.0 Å².